The van der Waals surface area contributed by atoms with E-state index in [1.54, 1.807) is 48.5 Å². The van der Waals surface area contributed by atoms with Crippen molar-refractivity contribution in [3.63, 3.8) is 0 Å². The molecule has 29 heavy (non-hydrogen) atoms. The molecule has 0 aliphatic rings. The van der Waals surface area contributed by atoms with E-state index in [1.807, 2.05) is 45.0 Å². The fourth-order valence-electron chi connectivity index (χ4n) is 3.02. The molecule has 3 aromatic carbocycles. The molecule has 4 nitrogen and oxygen atoms in total. The summed E-state index contributed by atoms with van der Waals surface area (Å²) < 4.78 is 11.6. The van der Waals surface area contributed by atoms with Crippen LogP contribution in [0.5, 0.6) is 11.5 Å². The van der Waals surface area contributed by atoms with Gasteiger partial charge >= 0.3 is 11.9 Å². The minimum atomic E-state index is -0.488. The lowest BCUT2D eigenvalue weighted by Gasteiger charge is -2.19. The van der Waals surface area contributed by atoms with E-state index in [2.05, 4.69) is 0 Å². The van der Waals surface area contributed by atoms with Gasteiger partial charge in [0.15, 0.2) is 11.5 Å². The molecule has 148 valence electrons. The van der Waals surface area contributed by atoms with Gasteiger partial charge in [-0.1, -0.05) is 69.3 Å². The maximum absolute atomic E-state index is 12.7. The van der Waals surface area contributed by atoms with E-state index in [4.69, 9.17) is 9.47 Å². The molecule has 0 aliphatic carbocycles. The van der Waals surface area contributed by atoms with Crippen molar-refractivity contribution < 1.29 is 19.1 Å². The summed E-state index contributed by atoms with van der Waals surface area (Å²) in [6.45, 7) is 5.97. The van der Waals surface area contributed by atoms with Crippen molar-refractivity contribution >= 4 is 11.9 Å². The smallest absolute Gasteiger partial charge is 0.343 e. The first-order chi connectivity index (χ1) is 14.0. The van der Waals surface area contributed by atoms with Crippen LogP contribution >= 0.6 is 0 Å². The van der Waals surface area contributed by atoms with E-state index in [0.29, 0.717) is 29.0 Å². The summed E-state index contributed by atoms with van der Waals surface area (Å²) in [7, 11) is 0. The maximum Gasteiger partial charge on any atom is 0.343 e. The Hall–Kier alpha value is -3.40. The van der Waals surface area contributed by atoms with Crippen LogP contribution in [0.2, 0.25) is 0 Å². The molecule has 3 aromatic rings. The first-order valence-electron chi connectivity index (χ1n) is 9.71. The second-order valence-electron chi connectivity index (χ2n) is 6.99. The van der Waals surface area contributed by atoms with Crippen LogP contribution in [0.1, 0.15) is 58.5 Å². The van der Waals surface area contributed by atoms with Gasteiger partial charge in [-0.05, 0) is 42.2 Å². The number of ether oxygens (including phenoxy) is 2. The van der Waals surface area contributed by atoms with Crippen molar-refractivity contribution in [2.75, 3.05) is 0 Å². The fraction of sp³-hybridized carbons (Fsp3) is 0.200. The Bertz CT molecular complexity index is 992. The summed E-state index contributed by atoms with van der Waals surface area (Å²) in [4.78, 5) is 25.4. The van der Waals surface area contributed by atoms with Crippen LogP contribution in [0.3, 0.4) is 0 Å². The molecular formula is C25H24O4. The van der Waals surface area contributed by atoms with Gasteiger partial charge < -0.3 is 9.47 Å². The number of benzene rings is 3. The number of hydrogen-bond donors (Lipinski definition) is 0. The Morgan fingerprint density at radius 3 is 1.66 bits per heavy atom. The molecule has 0 bridgehead atoms. The Balaban J connectivity index is 2.04. The molecular weight excluding hydrogens is 364 g/mol. The summed E-state index contributed by atoms with van der Waals surface area (Å²) >= 11 is 0. The fourth-order valence-corrected chi connectivity index (χ4v) is 3.02. The topological polar surface area (TPSA) is 52.6 Å². The summed E-state index contributed by atoms with van der Waals surface area (Å²) in [6.07, 6.45) is 0.631. The molecule has 0 fully saturated rings. The number of hydrogen-bond acceptors (Lipinski definition) is 4. The largest absolute Gasteiger partial charge is 0.419 e. The van der Waals surface area contributed by atoms with Gasteiger partial charge in [-0.25, -0.2) is 9.59 Å². The molecule has 0 unspecified atom stereocenters. The molecule has 0 aliphatic heterocycles. The van der Waals surface area contributed by atoms with E-state index in [0.717, 1.165) is 11.1 Å². The van der Waals surface area contributed by atoms with Gasteiger partial charge in [0.25, 0.3) is 0 Å². The third-order valence-electron chi connectivity index (χ3n) is 4.64. The normalized spacial score (nSPS) is 10.6. The zero-order valence-electron chi connectivity index (χ0n) is 16.8. The van der Waals surface area contributed by atoms with Gasteiger partial charge in [-0.2, -0.15) is 0 Å². The molecule has 3 rings (SSSR count). The van der Waals surface area contributed by atoms with E-state index < -0.39 is 11.9 Å². The lowest BCUT2D eigenvalue weighted by molar-refractivity contribution is 0.0679. The Kier molecular flexibility index (Phi) is 6.45. The first kappa shape index (κ1) is 20.3. The van der Waals surface area contributed by atoms with Crippen molar-refractivity contribution in [2.45, 2.75) is 33.1 Å². The second-order valence-corrected chi connectivity index (χ2v) is 6.99. The van der Waals surface area contributed by atoms with Crippen molar-refractivity contribution in [1.82, 2.24) is 0 Å². The van der Waals surface area contributed by atoms with Crippen molar-refractivity contribution in [2.24, 2.45) is 0 Å². The van der Waals surface area contributed by atoms with Gasteiger partial charge in [0, 0.05) is 5.56 Å². The molecule has 0 atom stereocenters. The molecule has 0 N–H and O–H groups in total. The predicted molar refractivity (Wildman–Crippen MR) is 113 cm³/mol. The zero-order chi connectivity index (χ0) is 20.8. The summed E-state index contributed by atoms with van der Waals surface area (Å²) in [5.74, 6) is -0.293. The third-order valence-corrected chi connectivity index (χ3v) is 4.64. The van der Waals surface area contributed by atoms with E-state index in [1.165, 1.54) is 0 Å². The van der Waals surface area contributed by atoms with E-state index in [9.17, 15) is 9.59 Å². The van der Waals surface area contributed by atoms with Crippen LogP contribution in [0.25, 0.3) is 0 Å². The van der Waals surface area contributed by atoms with Crippen LogP contribution < -0.4 is 9.47 Å². The predicted octanol–water partition coefficient (Wildman–Crippen LogP) is 5.81. The molecule has 0 saturated carbocycles. The highest BCUT2D eigenvalue weighted by Gasteiger charge is 2.23. The minimum Gasteiger partial charge on any atom is -0.419 e. The second kappa shape index (κ2) is 9.20. The van der Waals surface area contributed by atoms with Crippen LogP contribution in [-0.4, -0.2) is 11.9 Å². The molecule has 4 heteroatoms. The van der Waals surface area contributed by atoms with E-state index >= 15 is 0 Å². The number of carbonyl (C=O) groups is 2. The lowest BCUT2D eigenvalue weighted by atomic mass is 9.98. The van der Waals surface area contributed by atoms with Gasteiger partial charge in [-0.15, -0.1) is 0 Å². The summed E-state index contributed by atoms with van der Waals surface area (Å²) in [5.41, 5.74) is 2.48. The average Bonchev–Trinajstić information content (AvgIpc) is 2.75. The lowest BCUT2D eigenvalue weighted by Crippen LogP contribution is -2.15. The zero-order valence-corrected chi connectivity index (χ0v) is 16.8. The van der Waals surface area contributed by atoms with Gasteiger partial charge in [0.1, 0.15) is 0 Å². The Morgan fingerprint density at radius 1 is 0.724 bits per heavy atom. The SMILES string of the molecule is CCc1ccc(C(C)C)c(OC(=O)c2ccccc2)c1OC(=O)c1ccccc1. The number of rotatable bonds is 6. The molecule has 0 heterocycles. The maximum atomic E-state index is 12.7. The van der Waals surface area contributed by atoms with Crippen LogP contribution in [0.4, 0.5) is 0 Å². The van der Waals surface area contributed by atoms with Crippen LogP contribution in [0, 0.1) is 0 Å². The van der Waals surface area contributed by atoms with Gasteiger partial charge in [0.05, 0.1) is 11.1 Å². The van der Waals surface area contributed by atoms with Crippen LogP contribution in [0.15, 0.2) is 72.8 Å². The molecule has 0 amide bonds. The highest BCUT2D eigenvalue weighted by Crippen LogP contribution is 2.40. The van der Waals surface area contributed by atoms with Crippen molar-refractivity contribution in [3.05, 3.63) is 95.1 Å². The standard InChI is InChI=1S/C25H24O4/c1-4-18-15-16-21(17(2)3)23(29-25(27)20-13-9-6-10-14-20)22(18)28-24(26)19-11-7-5-8-12-19/h5-17H,4H2,1-3H3. The quantitative estimate of drug-likeness (QED) is 0.395. The van der Waals surface area contributed by atoms with Crippen molar-refractivity contribution in [1.29, 1.82) is 0 Å². The van der Waals surface area contributed by atoms with Gasteiger partial charge in [-0.3, -0.25) is 0 Å². The monoisotopic (exact) mass is 388 g/mol. The third kappa shape index (κ3) is 4.72. The summed E-state index contributed by atoms with van der Waals surface area (Å²) in [6, 6.07) is 21.4. The van der Waals surface area contributed by atoms with Crippen molar-refractivity contribution in [3.8, 4) is 11.5 Å². The van der Waals surface area contributed by atoms with Crippen LogP contribution in [-0.2, 0) is 6.42 Å². The first-order valence-corrected chi connectivity index (χ1v) is 9.71. The number of esters is 2. The highest BCUT2D eigenvalue weighted by molar-refractivity contribution is 5.93. The molecule has 0 aromatic heterocycles. The average molecular weight is 388 g/mol. The Morgan fingerprint density at radius 2 is 1.21 bits per heavy atom. The molecule has 0 saturated heterocycles. The molecule has 0 radical (unpaired) electrons. The molecule has 0 spiro atoms. The van der Waals surface area contributed by atoms with Gasteiger partial charge in [0.2, 0.25) is 0 Å². The Labute approximate surface area is 171 Å². The van der Waals surface area contributed by atoms with E-state index in [-0.39, 0.29) is 5.92 Å². The number of aryl methyl sites for hydroxylation is 1. The minimum absolute atomic E-state index is 0.0775. The number of carbonyl (C=O) groups excluding carboxylic acids is 2. The summed E-state index contributed by atoms with van der Waals surface area (Å²) in [5, 5.41) is 0. The highest BCUT2D eigenvalue weighted by atomic mass is 16.6.